The minimum atomic E-state index is -0.164. The third-order valence-corrected chi connectivity index (χ3v) is 4.87. The molecule has 0 aliphatic heterocycles. The van der Waals surface area contributed by atoms with E-state index in [0.29, 0.717) is 17.7 Å². The monoisotopic (exact) mass is 361 g/mol. The van der Waals surface area contributed by atoms with Crippen LogP contribution in [0.5, 0.6) is 0 Å². The van der Waals surface area contributed by atoms with Gasteiger partial charge in [-0.25, -0.2) is 9.97 Å². The fourth-order valence-corrected chi connectivity index (χ4v) is 3.21. The van der Waals surface area contributed by atoms with Crippen molar-refractivity contribution in [1.82, 2.24) is 35.1 Å². The van der Waals surface area contributed by atoms with Gasteiger partial charge in [0.25, 0.3) is 0 Å². The van der Waals surface area contributed by atoms with E-state index in [1.165, 1.54) is 12.8 Å². The molecule has 0 aromatic carbocycles. The van der Waals surface area contributed by atoms with Gasteiger partial charge in [-0.05, 0) is 31.9 Å². The van der Waals surface area contributed by atoms with Crippen molar-refractivity contribution >= 4 is 28.6 Å². The van der Waals surface area contributed by atoms with E-state index < -0.39 is 0 Å². The Hall–Kier alpha value is -3.49. The van der Waals surface area contributed by atoms with Gasteiger partial charge in [-0.1, -0.05) is 0 Å². The maximum atomic E-state index is 5.90. The molecule has 4 N–H and O–H groups in total. The van der Waals surface area contributed by atoms with Crippen LogP contribution in [0.2, 0.25) is 0 Å². The SMILES string of the molecule is CC(c1cc2nc[nH]c2cn1)N(c1cc(C2CC2)[nH]n1)c1nccc(N)n1. The molecule has 1 aliphatic rings. The molecule has 0 saturated heterocycles. The topological polar surface area (TPSA) is 125 Å². The van der Waals surface area contributed by atoms with Crippen molar-refractivity contribution in [2.45, 2.75) is 31.7 Å². The van der Waals surface area contributed by atoms with E-state index in [9.17, 15) is 0 Å². The standard InChI is InChI=1S/C18H19N9/c1-10(12-6-14-15(8-21-12)23-9-22-14)27(18-20-5-4-16(19)24-18)17-7-13(25-26-17)11-2-3-11/h4-11H,2-3H2,1H3,(H,22,23)(H,25,26)(H2,19,20,24). The van der Waals surface area contributed by atoms with Gasteiger partial charge in [0.1, 0.15) is 5.82 Å². The number of fused-ring (bicyclic) bond motifs is 1. The molecule has 27 heavy (non-hydrogen) atoms. The lowest BCUT2D eigenvalue weighted by Crippen LogP contribution is -2.25. The highest BCUT2D eigenvalue weighted by atomic mass is 15.4. The van der Waals surface area contributed by atoms with Crippen LogP contribution in [0.3, 0.4) is 0 Å². The van der Waals surface area contributed by atoms with E-state index in [0.717, 1.165) is 28.2 Å². The maximum absolute atomic E-state index is 5.90. The van der Waals surface area contributed by atoms with E-state index in [2.05, 4.69) is 41.2 Å². The molecule has 0 amide bonds. The third-order valence-electron chi connectivity index (χ3n) is 4.87. The van der Waals surface area contributed by atoms with Crippen molar-refractivity contribution < 1.29 is 0 Å². The second-order valence-corrected chi connectivity index (χ2v) is 6.81. The first kappa shape index (κ1) is 15.7. The lowest BCUT2D eigenvalue weighted by atomic mass is 10.1. The van der Waals surface area contributed by atoms with E-state index in [4.69, 9.17) is 5.73 Å². The van der Waals surface area contributed by atoms with Crippen LogP contribution in [-0.2, 0) is 0 Å². The van der Waals surface area contributed by atoms with Gasteiger partial charge in [-0.3, -0.25) is 15.0 Å². The van der Waals surface area contributed by atoms with Crippen molar-refractivity contribution in [2.24, 2.45) is 0 Å². The number of aromatic amines is 2. The predicted octanol–water partition coefficient (Wildman–Crippen LogP) is 2.83. The molecule has 1 atom stereocenters. The van der Waals surface area contributed by atoms with Gasteiger partial charge in [0.15, 0.2) is 5.82 Å². The first-order chi connectivity index (χ1) is 13.2. The van der Waals surface area contributed by atoms with Crippen molar-refractivity contribution in [3.05, 3.63) is 48.3 Å². The quantitative estimate of drug-likeness (QED) is 0.499. The summed E-state index contributed by atoms with van der Waals surface area (Å²) in [6.45, 7) is 2.04. The summed E-state index contributed by atoms with van der Waals surface area (Å²) in [6.07, 6.45) is 7.49. The number of imidazole rings is 1. The Morgan fingerprint density at radius 3 is 2.93 bits per heavy atom. The van der Waals surface area contributed by atoms with Gasteiger partial charge >= 0.3 is 0 Å². The van der Waals surface area contributed by atoms with Crippen LogP contribution in [0.15, 0.2) is 36.9 Å². The van der Waals surface area contributed by atoms with Gasteiger partial charge in [-0.2, -0.15) is 10.1 Å². The highest BCUT2D eigenvalue weighted by Gasteiger charge is 2.29. The summed E-state index contributed by atoms with van der Waals surface area (Å²) in [4.78, 5) is 22.7. The second kappa shape index (κ2) is 6.04. The minimum absolute atomic E-state index is 0.164. The zero-order valence-corrected chi connectivity index (χ0v) is 14.8. The summed E-state index contributed by atoms with van der Waals surface area (Å²) in [5.74, 6) is 2.22. The van der Waals surface area contributed by atoms with Crippen LogP contribution in [0.25, 0.3) is 11.0 Å². The number of hydrogen-bond donors (Lipinski definition) is 3. The predicted molar refractivity (Wildman–Crippen MR) is 101 cm³/mol. The van der Waals surface area contributed by atoms with Crippen molar-refractivity contribution in [1.29, 1.82) is 0 Å². The maximum Gasteiger partial charge on any atom is 0.233 e. The molecule has 9 heteroatoms. The Balaban J connectivity index is 1.58. The largest absolute Gasteiger partial charge is 0.384 e. The van der Waals surface area contributed by atoms with Gasteiger partial charge < -0.3 is 10.7 Å². The van der Waals surface area contributed by atoms with Gasteiger partial charge in [0.2, 0.25) is 5.95 Å². The number of nitrogens with two attached hydrogens (primary N) is 1. The van der Waals surface area contributed by atoms with Gasteiger partial charge in [0.05, 0.1) is 35.3 Å². The molecular weight excluding hydrogens is 342 g/mol. The van der Waals surface area contributed by atoms with Crippen molar-refractivity contribution in [2.75, 3.05) is 10.6 Å². The molecular formula is C18H19N9. The fraction of sp³-hybridized carbons (Fsp3) is 0.278. The number of hydrogen-bond acceptors (Lipinski definition) is 7. The number of anilines is 3. The molecule has 4 aromatic rings. The highest BCUT2D eigenvalue weighted by Crippen LogP contribution is 2.41. The van der Waals surface area contributed by atoms with Crippen LogP contribution in [0.4, 0.5) is 17.6 Å². The van der Waals surface area contributed by atoms with E-state index in [1.807, 2.05) is 17.9 Å². The van der Waals surface area contributed by atoms with Crippen LogP contribution < -0.4 is 10.6 Å². The van der Waals surface area contributed by atoms with Gasteiger partial charge in [-0.15, -0.1) is 0 Å². The normalized spacial score (nSPS) is 15.1. The summed E-state index contributed by atoms with van der Waals surface area (Å²) >= 11 is 0. The van der Waals surface area contributed by atoms with Crippen molar-refractivity contribution in [3.8, 4) is 0 Å². The lowest BCUT2D eigenvalue weighted by molar-refractivity contribution is 0.715. The number of nitrogens with zero attached hydrogens (tertiary/aromatic N) is 6. The smallest absolute Gasteiger partial charge is 0.233 e. The molecule has 1 aliphatic carbocycles. The molecule has 9 nitrogen and oxygen atoms in total. The molecule has 4 aromatic heterocycles. The number of aromatic nitrogens is 7. The molecule has 4 heterocycles. The Kier molecular flexibility index (Phi) is 3.52. The van der Waals surface area contributed by atoms with Crippen molar-refractivity contribution in [3.63, 3.8) is 0 Å². The van der Waals surface area contributed by atoms with E-state index in [1.54, 1.807) is 24.8 Å². The first-order valence-electron chi connectivity index (χ1n) is 8.91. The van der Waals surface area contributed by atoms with E-state index >= 15 is 0 Å². The number of nitrogen functional groups attached to an aromatic ring is 1. The zero-order valence-electron chi connectivity index (χ0n) is 14.8. The number of H-pyrrole nitrogens is 2. The highest BCUT2D eigenvalue weighted by molar-refractivity contribution is 5.74. The van der Waals surface area contributed by atoms with Crippen LogP contribution in [-0.4, -0.2) is 35.1 Å². The molecule has 136 valence electrons. The average Bonchev–Trinajstić information content (AvgIpc) is 3.22. The minimum Gasteiger partial charge on any atom is -0.384 e. The van der Waals surface area contributed by atoms with Gasteiger partial charge in [0, 0.05) is 23.9 Å². The summed E-state index contributed by atoms with van der Waals surface area (Å²) < 4.78 is 0. The summed E-state index contributed by atoms with van der Waals surface area (Å²) in [7, 11) is 0. The fourth-order valence-electron chi connectivity index (χ4n) is 3.21. The molecule has 0 bridgehead atoms. The first-order valence-corrected chi connectivity index (χ1v) is 8.91. The second-order valence-electron chi connectivity index (χ2n) is 6.81. The van der Waals surface area contributed by atoms with Crippen LogP contribution >= 0.6 is 0 Å². The molecule has 0 radical (unpaired) electrons. The average molecular weight is 361 g/mol. The number of rotatable bonds is 5. The molecule has 1 unspecified atom stereocenters. The Morgan fingerprint density at radius 2 is 2.11 bits per heavy atom. The summed E-state index contributed by atoms with van der Waals surface area (Å²) in [5, 5.41) is 7.66. The van der Waals surface area contributed by atoms with Crippen LogP contribution in [0.1, 0.15) is 43.1 Å². The lowest BCUT2D eigenvalue weighted by Gasteiger charge is -2.26. The number of pyridine rings is 1. The molecule has 0 spiro atoms. The molecule has 1 fully saturated rings. The molecule has 5 rings (SSSR count). The Labute approximate surface area is 155 Å². The summed E-state index contributed by atoms with van der Waals surface area (Å²) in [6, 6.07) is 5.53. The zero-order chi connectivity index (χ0) is 18.4. The van der Waals surface area contributed by atoms with E-state index in [-0.39, 0.29) is 6.04 Å². The third kappa shape index (κ3) is 2.86. The Bertz CT molecular complexity index is 1090. The van der Waals surface area contributed by atoms with Crippen LogP contribution in [0, 0.1) is 0 Å². The number of nitrogens with one attached hydrogen (secondary N) is 2. The summed E-state index contributed by atoms with van der Waals surface area (Å²) in [5.41, 5.74) is 9.64. The Morgan fingerprint density at radius 1 is 1.22 bits per heavy atom. The molecule has 1 saturated carbocycles.